The maximum absolute atomic E-state index is 11.8. The van der Waals surface area contributed by atoms with Gasteiger partial charge < -0.3 is 4.84 Å². The Morgan fingerprint density at radius 3 is 2.83 bits per heavy atom. The molecule has 0 N–H and O–H groups in total. The van der Waals surface area contributed by atoms with Crippen LogP contribution in [-0.2, 0) is 0 Å². The fraction of sp³-hybridized carbons (Fsp3) is 0. The van der Waals surface area contributed by atoms with Crippen molar-refractivity contribution in [1.29, 1.82) is 0 Å². The van der Waals surface area contributed by atoms with E-state index in [1.54, 1.807) is 30.5 Å². The van der Waals surface area contributed by atoms with Crippen molar-refractivity contribution in [1.82, 2.24) is 19.7 Å². The number of carbonyl (C=O) groups excluding carboxylic acids is 1. The van der Waals surface area contributed by atoms with Gasteiger partial charge in [-0.25, -0.2) is 19.7 Å². The molecular formula is C12H8N4O2. The molecule has 2 heterocycles. The number of nitrogens with zero attached hydrogens (tertiary/aromatic N) is 4. The van der Waals surface area contributed by atoms with E-state index >= 15 is 0 Å². The third kappa shape index (κ3) is 1.80. The highest BCUT2D eigenvalue weighted by Gasteiger charge is 2.11. The first-order chi connectivity index (χ1) is 8.84. The molecule has 6 heteroatoms. The molecule has 0 aliphatic heterocycles. The van der Waals surface area contributed by atoms with Gasteiger partial charge in [0.15, 0.2) is 5.65 Å². The Labute approximate surface area is 102 Å². The topological polar surface area (TPSA) is 69.9 Å². The van der Waals surface area contributed by atoms with E-state index in [0.717, 1.165) is 0 Å². The SMILES string of the molecule is O=C(On1cnc2cncnc21)c1ccccc1. The van der Waals surface area contributed by atoms with Gasteiger partial charge in [0.05, 0.1) is 11.8 Å². The van der Waals surface area contributed by atoms with E-state index in [9.17, 15) is 4.79 Å². The molecule has 0 saturated carbocycles. The second-order valence-electron chi connectivity index (χ2n) is 3.55. The summed E-state index contributed by atoms with van der Waals surface area (Å²) in [5.74, 6) is -0.464. The number of carbonyl (C=O) groups is 1. The van der Waals surface area contributed by atoms with Gasteiger partial charge in [-0.05, 0) is 12.1 Å². The Hall–Kier alpha value is -2.76. The molecule has 88 valence electrons. The second kappa shape index (κ2) is 4.25. The van der Waals surface area contributed by atoms with E-state index in [1.165, 1.54) is 17.4 Å². The van der Waals surface area contributed by atoms with Crippen LogP contribution in [0, 0.1) is 0 Å². The van der Waals surface area contributed by atoms with Crippen molar-refractivity contribution >= 4 is 17.1 Å². The van der Waals surface area contributed by atoms with Crippen LogP contribution in [0.15, 0.2) is 49.2 Å². The fourth-order valence-corrected chi connectivity index (χ4v) is 1.53. The van der Waals surface area contributed by atoms with Crippen LogP contribution in [0.3, 0.4) is 0 Å². The maximum atomic E-state index is 11.8. The molecule has 0 fully saturated rings. The standard InChI is InChI=1S/C12H8N4O2/c17-12(9-4-2-1-3-5-9)18-16-8-15-10-6-13-7-14-11(10)16/h1-8H. The molecule has 2 aromatic heterocycles. The van der Waals surface area contributed by atoms with Crippen molar-refractivity contribution in [2.75, 3.05) is 0 Å². The lowest BCUT2D eigenvalue weighted by Gasteiger charge is -2.03. The smallest absolute Gasteiger partial charge is 0.328 e. The number of hydrogen-bond donors (Lipinski definition) is 0. The van der Waals surface area contributed by atoms with Gasteiger partial charge in [-0.15, -0.1) is 4.73 Å². The zero-order valence-corrected chi connectivity index (χ0v) is 9.22. The Morgan fingerprint density at radius 1 is 1.17 bits per heavy atom. The van der Waals surface area contributed by atoms with Gasteiger partial charge in [0, 0.05) is 0 Å². The van der Waals surface area contributed by atoms with Crippen molar-refractivity contribution in [3.63, 3.8) is 0 Å². The molecule has 0 saturated heterocycles. The monoisotopic (exact) mass is 240 g/mol. The summed E-state index contributed by atoms with van der Waals surface area (Å²) < 4.78 is 1.23. The van der Waals surface area contributed by atoms with Crippen LogP contribution >= 0.6 is 0 Å². The molecule has 6 nitrogen and oxygen atoms in total. The van der Waals surface area contributed by atoms with Gasteiger partial charge in [0.1, 0.15) is 18.2 Å². The molecule has 3 aromatic rings. The number of fused-ring (bicyclic) bond motifs is 1. The van der Waals surface area contributed by atoms with Crippen molar-refractivity contribution < 1.29 is 9.63 Å². The second-order valence-corrected chi connectivity index (χ2v) is 3.55. The van der Waals surface area contributed by atoms with Crippen LogP contribution in [-0.4, -0.2) is 25.7 Å². The molecule has 0 spiro atoms. The highest BCUT2D eigenvalue weighted by molar-refractivity contribution is 5.89. The molecule has 0 unspecified atom stereocenters. The third-order valence-electron chi connectivity index (χ3n) is 2.37. The summed E-state index contributed by atoms with van der Waals surface area (Å²) in [6.45, 7) is 0. The lowest BCUT2D eigenvalue weighted by molar-refractivity contribution is 0.0477. The zero-order chi connectivity index (χ0) is 12.4. The zero-order valence-electron chi connectivity index (χ0n) is 9.22. The molecule has 0 atom stereocenters. The molecule has 18 heavy (non-hydrogen) atoms. The summed E-state index contributed by atoms with van der Waals surface area (Å²) >= 11 is 0. The molecule has 0 amide bonds. The molecule has 0 aliphatic rings. The number of rotatable bonds is 2. The van der Waals surface area contributed by atoms with Gasteiger partial charge in [0.2, 0.25) is 0 Å². The Kier molecular flexibility index (Phi) is 2.45. The predicted octanol–water partition coefficient (Wildman–Crippen LogP) is 1.10. The van der Waals surface area contributed by atoms with E-state index in [1.807, 2.05) is 6.07 Å². The first-order valence-corrected chi connectivity index (χ1v) is 5.25. The van der Waals surface area contributed by atoms with Crippen LogP contribution in [0.2, 0.25) is 0 Å². The van der Waals surface area contributed by atoms with Gasteiger partial charge >= 0.3 is 5.97 Å². The van der Waals surface area contributed by atoms with E-state index in [-0.39, 0.29) is 0 Å². The first kappa shape index (κ1) is 10.4. The van der Waals surface area contributed by atoms with Gasteiger partial charge in [0.25, 0.3) is 0 Å². The Bertz CT molecular complexity index is 693. The van der Waals surface area contributed by atoms with Crippen LogP contribution in [0.4, 0.5) is 0 Å². The molecule has 3 rings (SSSR count). The largest absolute Gasteiger partial charge is 0.363 e. The number of imidazole rings is 1. The Balaban J connectivity index is 1.91. The number of benzene rings is 1. The minimum Gasteiger partial charge on any atom is -0.328 e. The van der Waals surface area contributed by atoms with E-state index in [2.05, 4.69) is 15.0 Å². The van der Waals surface area contributed by atoms with Crippen molar-refractivity contribution in [3.05, 3.63) is 54.7 Å². The summed E-state index contributed by atoms with van der Waals surface area (Å²) in [6.07, 6.45) is 4.31. The van der Waals surface area contributed by atoms with Crippen molar-refractivity contribution in [2.24, 2.45) is 0 Å². The summed E-state index contributed by atoms with van der Waals surface area (Å²) in [5, 5.41) is 0. The molecule has 0 aliphatic carbocycles. The predicted molar refractivity (Wildman–Crippen MR) is 62.7 cm³/mol. The van der Waals surface area contributed by atoms with Gasteiger partial charge in [-0.3, -0.25) is 0 Å². The third-order valence-corrected chi connectivity index (χ3v) is 2.37. The summed E-state index contributed by atoms with van der Waals surface area (Å²) in [6, 6.07) is 8.72. The highest BCUT2D eigenvalue weighted by Crippen LogP contribution is 2.06. The molecule has 1 aromatic carbocycles. The van der Waals surface area contributed by atoms with Gasteiger partial charge in [-0.2, -0.15) is 0 Å². The number of aromatic nitrogens is 4. The quantitative estimate of drug-likeness (QED) is 0.670. The van der Waals surface area contributed by atoms with Crippen molar-refractivity contribution in [3.8, 4) is 0 Å². The molecule has 0 radical (unpaired) electrons. The van der Waals surface area contributed by atoms with E-state index in [4.69, 9.17) is 4.84 Å². The minimum absolute atomic E-state index is 0.453. The first-order valence-electron chi connectivity index (χ1n) is 5.25. The molecular weight excluding hydrogens is 232 g/mol. The average Bonchev–Trinajstić information content (AvgIpc) is 2.83. The minimum atomic E-state index is -0.464. The number of hydrogen-bond acceptors (Lipinski definition) is 5. The molecule has 0 bridgehead atoms. The highest BCUT2D eigenvalue weighted by atomic mass is 16.7. The lowest BCUT2D eigenvalue weighted by Crippen LogP contribution is -2.19. The van der Waals surface area contributed by atoms with E-state index < -0.39 is 5.97 Å². The van der Waals surface area contributed by atoms with E-state index in [0.29, 0.717) is 16.7 Å². The summed E-state index contributed by atoms with van der Waals surface area (Å²) in [4.78, 5) is 28.9. The van der Waals surface area contributed by atoms with Crippen LogP contribution in [0.1, 0.15) is 10.4 Å². The Morgan fingerprint density at radius 2 is 2.00 bits per heavy atom. The van der Waals surface area contributed by atoms with Gasteiger partial charge in [-0.1, -0.05) is 18.2 Å². The average molecular weight is 240 g/mol. The van der Waals surface area contributed by atoms with Crippen molar-refractivity contribution in [2.45, 2.75) is 0 Å². The summed E-state index contributed by atoms with van der Waals surface area (Å²) in [5.41, 5.74) is 1.49. The normalized spacial score (nSPS) is 10.4. The lowest BCUT2D eigenvalue weighted by atomic mass is 10.2. The van der Waals surface area contributed by atoms with Crippen LogP contribution in [0.5, 0.6) is 0 Å². The van der Waals surface area contributed by atoms with Crippen LogP contribution in [0.25, 0.3) is 11.2 Å². The maximum Gasteiger partial charge on any atom is 0.363 e. The summed E-state index contributed by atoms with van der Waals surface area (Å²) in [7, 11) is 0. The fourth-order valence-electron chi connectivity index (χ4n) is 1.53. The van der Waals surface area contributed by atoms with Crippen LogP contribution < -0.4 is 4.84 Å².